The Morgan fingerprint density at radius 2 is 1.43 bits per heavy atom. The number of thiocarbonyl (C=S) groups is 1. The van der Waals surface area contributed by atoms with Gasteiger partial charge in [0.15, 0.2) is 0 Å². The number of carbonyl (C=O) groups excluding carboxylic acids is 1. The van der Waals surface area contributed by atoms with E-state index in [-0.39, 0.29) is 10.2 Å². The van der Waals surface area contributed by atoms with E-state index < -0.39 is 0 Å². The molecule has 2 rings (SSSR count). The Labute approximate surface area is 148 Å². The number of thiol groups is 1. The van der Waals surface area contributed by atoms with Crippen LogP contribution in [-0.2, 0) is 4.74 Å². The Morgan fingerprint density at radius 1 is 1.04 bits per heavy atom. The molecule has 0 unspecified atom stereocenters. The maximum atomic E-state index is 10.5. The summed E-state index contributed by atoms with van der Waals surface area (Å²) in [5, 5.41) is 8.17. The summed E-state index contributed by atoms with van der Waals surface area (Å²) in [6, 6.07) is 18.1. The standard InChI is InChI=1S/C8H5NOS.C7H6OS.C3H8/c9-6-10-8(11)7-4-2-1-3-5-7;8-7(9)6-4-2-1-3-5-6;1-3-2/h1-5H;1-5H,(H,8,9);3H2,1-2H3. The lowest BCUT2D eigenvalue weighted by atomic mass is 10.2. The molecular formula is C18H19NO2S2. The molecule has 0 atom stereocenters. The zero-order valence-corrected chi connectivity index (χ0v) is 14.8. The van der Waals surface area contributed by atoms with E-state index in [1.54, 1.807) is 24.3 Å². The number of hydrogen-bond acceptors (Lipinski definition) is 4. The van der Waals surface area contributed by atoms with E-state index in [1.165, 1.54) is 12.7 Å². The van der Waals surface area contributed by atoms with Gasteiger partial charge in [0.1, 0.15) is 0 Å². The third kappa shape index (κ3) is 10.2. The molecule has 5 heteroatoms. The fraction of sp³-hybridized carbons (Fsp3) is 0.167. The molecule has 0 N–H and O–H groups in total. The van der Waals surface area contributed by atoms with Crippen LogP contribution in [0.25, 0.3) is 0 Å². The van der Waals surface area contributed by atoms with Gasteiger partial charge in [0, 0.05) is 11.1 Å². The summed E-state index contributed by atoms with van der Waals surface area (Å²) in [7, 11) is 0. The average Bonchev–Trinajstić information content (AvgIpc) is 2.58. The number of hydrogen-bond donors (Lipinski definition) is 1. The number of nitrogens with zero attached hydrogens (tertiary/aromatic N) is 1. The second kappa shape index (κ2) is 13.5. The fourth-order valence-electron chi connectivity index (χ4n) is 1.26. The first-order valence-electron chi connectivity index (χ1n) is 7.00. The predicted octanol–water partition coefficient (Wildman–Crippen LogP) is 5.03. The lowest BCUT2D eigenvalue weighted by Crippen LogP contribution is -1.97. The SMILES string of the molecule is CCC.N#COC(=S)c1ccccc1.O=C(S)c1ccccc1. The minimum Gasteiger partial charge on any atom is -0.375 e. The first-order valence-corrected chi connectivity index (χ1v) is 7.85. The van der Waals surface area contributed by atoms with E-state index in [0.717, 1.165) is 5.56 Å². The second-order valence-electron chi connectivity index (χ2n) is 4.23. The summed E-state index contributed by atoms with van der Waals surface area (Å²) in [5.41, 5.74) is 1.39. The number of benzene rings is 2. The van der Waals surface area contributed by atoms with Crippen LogP contribution in [0.15, 0.2) is 60.7 Å². The average molecular weight is 345 g/mol. The topological polar surface area (TPSA) is 50.1 Å². The Hall–Kier alpha value is -2.16. The van der Waals surface area contributed by atoms with Crippen molar-refractivity contribution in [1.29, 1.82) is 5.26 Å². The Bertz CT molecular complexity index is 622. The molecule has 0 saturated carbocycles. The van der Waals surface area contributed by atoms with Crippen molar-refractivity contribution in [2.45, 2.75) is 20.3 Å². The smallest absolute Gasteiger partial charge is 0.293 e. The van der Waals surface area contributed by atoms with Gasteiger partial charge < -0.3 is 4.74 Å². The number of carbonyl (C=O) groups is 1. The zero-order valence-electron chi connectivity index (χ0n) is 13.1. The highest BCUT2D eigenvalue weighted by Crippen LogP contribution is 2.01. The summed E-state index contributed by atoms with van der Waals surface area (Å²) in [6.45, 7) is 4.25. The van der Waals surface area contributed by atoms with Crippen molar-refractivity contribution in [3.05, 3.63) is 71.8 Å². The Kier molecular flexibility index (Phi) is 12.2. The number of nitriles is 1. The third-order valence-corrected chi connectivity index (χ3v) is 2.75. The minimum absolute atomic E-state index is 0.185. The summed E-state index contributed by atoms with van der Waals surface area (Å²) >= 11 is 8.42. The van der Waals surface area contributed by atoms with E-state index in [9.17, 15) is 4.79 Å². The van der Waals surface area contributed by atoms with E-state index >= 15 is 0 Å². The maximum Gasteiger partial charge on any atom is 0.293 e. The highest BCUT2D eigenvalue weighted by molar-refractivity contribution is 7.97. The second-order valence-corrected chi connectivity index (χ2v) is 5.00. The summed E-state index contributed by atoms with van der Waals surface area (Å²) in [6.07, 6.45) is 2.77. The van der Waals surface area contributed by atoms with Gasteiger partial charge in [-0.3, -0.25) is 4.79 Å². The molecule has 0 aliphatic heterocycles. The van der Waals surface area contributed by atoms with Crippen molar-refractivity contribution < 1.29 is 9.53 Å². The van der Waals surface area contributed by atoms with Crippen LogP contribution in [0, 0.1) is 11.5 Å². The number of ether oxygens (including phenoxy) is 1. The van der Waals surface area contributed by atoms with Crippen molar-refractivity contribution >= 4 is 35.0 Å². The van der Waals surface area contributed by atoms with Crippen LogP contribution in [-0.4, -0.2) is 10.2 Å². The molecule has 23 heavy (non-hydrogen) atoms. The van der Waals surface area contributed by atoms with Crippen LogP contribution in [0.4, 0.5) is 0 Å². The van der Waals surface area contributed by atoms with E-state index in [2.05, 4.69) is 31.2 Å². The highest BCUT2D eigenvalue weighted by Gasteiger charge is 1.98. The molecule has 0 amide bonds. The molecule has 0 aliphatic rings. The highest BCUT2D eigenvalue weighted by atomic mass is 32.1. The molecule has 0 aromatic heterocycles. The van der Waals surface area contributed by atoms with Crippen LogP contribution in [0.1, 0.15) is 36.2 Å². The first-order chi connectivity index (χ1) is 11.1. The van der Waals surface area contributed by atoms with Crippen LogP contribution in [0.5, 0.6) is 0 Å². The van der Waals surface area contributed by atoms with Crippen LogP contribution >= 0.6 is 24.8 Å². The minimum atomic E-state index is -0.185. The quantitative estimate of drug-likeness (QED) is 0.471. The molecule has 0 aliphatic carbocycles. The van der Waals surface area contributed by atoms with E-state index in [1.807, 2.05) is 36.4 Å². The van der Waals surface area contributed by atoms with Gasteiger partial charge in [-0.15, -0.1) is 17.9 Å². The molecule has 2 aromatic carbocycles. The molecule has 0 bridgehead atoms. The van der Waals surface area contributed by atoms with Gasteiger partial charge in [-0.05, 0) is 12.2 Å². The van der Waals surface area contributed by atoms with E-state index in [0.29, 0.717) is 5.56 Å². The van der Waals surface area contributed by atoms with Crippen molar-refractivity contribution in [1.82, 2.24) is 0 Å². The van der Waals surface area contributed by atoms with Gasteiger partial charge in [-0.1, -0.05) is 80.9 Å². The van der Waals surface area contributed by atoms with Crippen molar-refractivity contribution in [2.75, 3.05) is 0 Å². The zero-order chi connectivity index (χ0) is 17.5. The molecule has 0 heterocycles. The van der Waals surface area contributed by atoms with Gasteiger partial charge in [0.05, 0.1) is 0 Å². The van der Waals surface area contributed by atoms with Gasteiger partial charge in [-0.2, -0.15) is 0 Å². The summed E-state index contributed by atoms with van der Waals surface area (Å²) in [4.78, 5) is 10.5. The van der Waals surface area contributed by atoms with Gasteiger partial charge in [0.25, 0.3) is 6.26 Å². The van der Waals surface area contributed by atoms with Gasteiger partial charge >= 0.3 is 0 Å². The molecule has 0 radical (unpaired) electrons. The van der Waals surface area contributed by atoms with E-state index in [4.69, 9.17) is 17.5 Å². The Balaban J connectivity index is 0.000000365. The van der Waals surface area contributed by atoms with Crippen LogP contribution in [0.2, 0.25) is 0 Å². The normalized spacial score (nSPS) is 8.26. The largest absolute Gasteiger partial charge is 0.375 e. The molecule has 0 saturated heterocycles. The van der Waals surface area contributed by atoms with Crippen LogP contribution < -0.4 is 0 Å². The van der Waals surface area contributed by atoms with Gasteiger partial charge in [0.2, 0.25) is 10.2 Å². The summed E-state index contributed by atoms with van der Waals surface area (Å²) < 4.78 is 4.46. The van der Waals surface area contributed by atoms with Crippen molar-refractivity contribution in [3.8, 4) is 6.26 Å². The molecule has 2 aromatic rings. The van der Waals surface area contributed by atoms with Crippen molar-refractivity contribution in [3.63, 3.8) is 0 Å². The van der Waals surface area contributed by atoms with Gasteiger partial charge in [-0.25, -0.2) is 0 Å². The molecule has 0 fully saturated rings. The predicted molar refractivity (Wildman–Crippen MR) is 101 cm³/mol. The molecular weight excluding hydrogens is 326 g/mol. The van der Waals surface area contributed by atoms with Crippen LogP contribution in [0.3, 0.4) is 0 Å². The molecule has 120 valence electrons. The molecule has 3 nitrogen and oxygen atoms in total. The fourth-order valence-corrected chi connectivity index (χ4v) is 1.58. The lowest BCUT2D eigenvalue weighted by Gasteiger charge is -1.96. The third-order valence-electron chi connectivity index (χ3n) is 2.17. The number of rotatable bonds is 2. The maximum absolute atomic E-state index is 10.5. The van der Waals surface area contributed by atoms with Crippen molar-refractivity contribution in [2.24, 2.45) is 0 Å². The lowest BCUT2D eigenvalue weighted by molar-refractivity contribution is 0.109. The Morgan fingerprint density at radius 3 is 1.74 bits per heavy atom. The monoisotopic (exact) mass is 345 g/mol. The first kappa shape index (κ1) is 20.8. The molecule has 0 spiro atoms. The summed E-state index contributed by atoms with van der Waals surface area (Å²) in [5.74, 6) is 0.